The Morgan fingerprint density at radius 3 is 2.68 bits per heavy atom. The molecule has 0 aliphatic heterocycles. The van der Waals surface area contributed by atoms with Crippen LogP contribution in [0.3, 0.4) is 0 Å². The van der Waals surface area contributed by atoms with Crippen molar-refractivity contribution >= 4 is 5.65 Å². The van der Waals surface area contributed by atoms with Crippen LogP contribution in [-0.2, 0) is 6.54 Å². The minimum absolute atomic E-state index is 0.850. The van der Waals surface area contributed by atoms with Crippen molar-refractivity contribution in [3.8, 4) is 11.3 Å². The first-order valence-corrected chi connectivity index (χ1v) is 6.33. The van der Waals surface area contributed by atoms with Gasteiger partial charge in [-0.05, 0) is 26.2 Å². The van der Waals surface area contributed by atoms with E-state index in [2.05, 4.69) is 41.6 Å². The topological polar surface area (TPSA) is 20.5 Å². The van der Waals surface area contributed by atoms with Gasteiger partial charge in [-0.2, -0.15) is 0 Å². The molecule has 0 N–H and O–H groups in total. The number of benzene rings is 1. The van der Waals surface area contributed by atoms with Crippen molar-refractivity contribution in [2.45, 2.75) is 6.54 Å². The molecule has 1 aromatic carbocycles. The van der Waals surface area contributed by atoms with Crippen molar-refractivity contribution in [1.82, 2.24) is 14.3 Å². The van der Waals surface area contributed by atoms with Crippen LogP contribution in [0.5, 0.6) is 0 Å². The van der Waals surface area contributed by atoms with Crippen LogP contribution in [0.1, 0.15) is 5.69 Å². The Morgan fingerprint density at radius 1 is 1.16 bits per heavy atom. The van der Waals surface area contributed by atoms with Crippen molar-refractivity contribution in [3.05, 3.63) is 60.4 Å². The number of fused-ring (bicyclic) bond motifs is 1. The lowest BCUT2D eigenvalue weighted by Crippen LogP contribution is -2.13. The maximum atomic E-state index is 4.72. The molecule has 2 aromatic heterocycles. The Bertz CT molecular complexity index is 684. The number of imidazole rings is 1. The van der Waals surface area contributed by atoms with Gasteiger partial charge in [0.15, 0.2) is 0 Å². The van der Waals surface area contributed by atoms with Crippen molar-refractivity contribution in [2.75, 3.05) is 14.1 Å². The van der Waals surface area contributed by atoms with Gasteiger partial charge >= 0.3 is 0 Å². The van der Waals surface area contributed by atoms with E-state index in [1.165, 1.54) is 5.69 Å². The van der Waals surface area contributed by atoms with E-state index in [4.69, 9.17) is 4.98 Å². The van der Waals surface area contributed by atoms with Crippen molar-refractivity contribution in [1.29, 1.82) is 0 Å². The molecular formula is C16H16N3. The predicted octanol–water partition coefficient (Wildman–Crippen LogP) is 2.86. The van der Waals surface area contributed by atoms with Crippen molar-refractivity contribution in [3.63, 3.8) is 0 Å². The quantitative estimate of drug-likeness (QED) is 0.712. The van der Waals surface area contributed by atoms with E-state index in [0.717, 1.165) is 23.4 Å². The lowest BCUT2D eigenvalue weighted by molar-refractivity contribution is 0.396. The number of hydrogen-bond donors (Lipinski definition) is 0. The first kappa shape index (κ1) is 11.9. The van der Waals surface area contributed by atoms with Gasteiger partial charge in [0.2, 0.25) is 0 Å². The molecule has 0 saturated carbocycles. The van der Waals surface area contributed by atoms with Gasteiger partial charge in [0.25, 0.3) is 0 Å². The molecule has 0 bridgehead atoms. The standard InChI is InChI=1S/C16H16N3/c1-18(2)12-14-16(13-8-4-3-5-9-13)17-15-10-6-7-11-19(14)15/h3-9,11H,12H2,1-2H3. The van der Waals surface area contributed by atoms with E-state index < -0.39 is 0 Å². The maximum absolute atomic E-state index is 4.72. The molecule has 0 aliphatic rings. The molecule has 3 aromatic rings. The van der Waals surface area contributed by atoms with Gasteiger partial charge in [-0.3, -0.25) is 0 Å². The third kappa shape index (κ3) is 2.25. The lowest BCUT2D eigenvalue weighted by atomic mass is 10.1. The average Bonchev–Trinajstić information content (AvgIpc) is 2.78. The summed E-state index contributed by atoms with van der Waals surface area (Å²) in [6.45, 7) is 0.850. The van der Waals surface area contributed by atoms with Crippen LogP contribution in [-0.4, -0.2) is 28.4 Å². The van der Waals surface area contributed by atoms with Gasteiger partial charge in [0.1, 0.15) is 5.65 Å². The second-order valence-electron chi connectivity index (χ2n) is 4.86. The Labute approximate surface area is 113 Å². The van der Waals surface area contributed by atoms with Gasteiger partial charge in [0, 0.05) is 24.4 Å². The number of hydrogen-bond acceptors (Lipinski definition) is 2. The Morgan fingerprint density at radius 2 is 1.95 bits per heavy atom. The first-order chi connectivity index (χ1) is 9.25. The fourth-order valence-corrected chi connectivity index (χ4v) is 2.26. The summed E-state index contributed by atoms with van der Waals surface area (Å²) in [7, 11) is 4.14. The minimum Gasteiger partial charge on any atom is -0.304 e. The third-order valence-electron chi connectivity index (χ3n) is 3.07. The summed E-state index contributed by atoms with van der Waals surface area (Å²) in [6.07, 6.45) is 2.05. The van der Waals surface area contributed by atoms with Crippen molar-refractivity contribution < 1.29 is 0 Å². The first-order valence-electron chi connectivity index (χ1n) is 6.33. The molecule has 0 unspecified atom stereocenters. The Kier molecular flexibility index (Phi) is 3.05. The summed E-state index contributed by atoms with van der Waals surface area (Å²) in [6, 6.07) is 17.4. The van der Waals surface area contributed by atoms with E-state index in [1.54, 1.807) is 0 Å². The van der Waals surface area contributed by atoms with Gasteiger partial charge in [-0.1, -0.05) is 30.3 Å². The zero-order chi connectivity index (χ0) is 13.2. The van der Waals surface area contributed by atoms with E-state index in [0.29, 0.717) is 0 Å². The highest BCUT2D eigenvalue weighted by Gasteiger charge is 2.13. The van der Waals surface area contributed by atoms with Crippen LogP contribution >= 0.6 is 0 Å². The molecule has 0 aliphatic carbocycles. The monoisotopic (exact) mass is 250 g/mol. The molecule has 3 rings (SSSR count). The number of pyridine rings is 1. The van der Waals surface area contributed by atoms with Gasteiger partial charge in [-0.25, -0.2) is 4.98 Å². The summed E-state index contributed by atoms with van der Waals surface area (Å²) < 4.78 is 2.11. The summed E-state index contributed by atoms with van der Waals surface area (Å²) in [5.41, 5.74) is 4.26. The van der Waals surface area contributed by atoms with Crippen LogP contribution in [0.4, 0.5) is 0 Å². The van der Waals surface area contributed by atoms with Crippen LogP contribution in [0, 0.1) is 6.07 Å². The molecule has 0 spiro atoms. The maximum Gasteiger partial charge on any atom is 0.145 e. The summed E-state index contributed by atoms with van der Waals surface area (Å²) in [4.78, 5) is 6.87. The average molecular weight is 250 g/mol. The van der Waals surface area contributed by atoms with Crippen molar-refractivity contribution in [2.24, 2.45) is 0 Å². The minimum atomic E-state index is 0.850. The molecule has 2 heterocycles. The fourth-order valence-electron chi connectivity index (χ4n) is 2.26. The molecule has 0 fully saturated rings. The molecule has 95 valence electrons. The molecule has 0 atom stereocenters. The summed E-state index contributed by atoms with van der Waals surface area (Å²) in [5.74, 6) is 0. The highest BCUT2D eigenvalue weighted by Crippen LogP contribution is 2.24. The van der Waals surface area contributed by atoms with Gasteiger partial charge in [0.05, 0.1) is 11.4 Å². The predicted molar refractivity (Wildman–Crippen MR) is 76.9 cm³/mol. The molecule has 3 nitrogen and oxygen atoms in total. The Balaban J connectivity index is 2.23. The number of rotatable bonds is 3. The molecule has 1 radical (unpaired) electrons. The second-order valence-corrected chi connectivity index (χ2v) is 4.86. The molecule has 19 heavy (non-hydrogen) atoms. The van der Waals surface area contributed by atoms with E-state index in [1.807, 2.05) is 36.5 Å². The highest BCUT2D eigenvalue weighted by atomic mass is 15.1. The lowest BCUT2D eigenvalue weighted by Gasteiger charge is -2.11. The van der Waals surface area contributed by atoms with Crippen LogP contribution in [0.2, 0.25) is 0 Å². The van der Waals surface area contributed by atoms with Gasteiger partial charge in [-0.15, -0.1) is 0 Å². The summed E-state index contributed by atoms with van der Waals surface area (Å²) in [5, 5.41) is 0. The largest absolute Gasteiger partial charge is 0.304 e. The van der Waals surface area contributed by atoms with Crippen LogP contribution in [0.15, 0.2) is 48.7 Å². The normalized spacial score (nSPS) is 11.3. The van der Waals surface area contributed by atoms with Crippen LogP contribution < -0.4 is 0 Å². The van der Waals surface area contributed by atoms with Gasteiger partial charge < -0.3 is 9.30 Å². The highest BCUT2D eigenvalue weighted by molar-refractivity contribution is 5.66. The zero-order valence-corrected chi connectivity index (χ0v) is 11.2. The summed E-state index contributed by atoms with van der Waals surface area (Å²) >= 11 is 0. The number of nitrogens with zero attached hydrogens (tertiary/aromatic N) is 3. The molecule has 3 heteroatoms. The Hall–Kier alpha value is -2.13. The number of aromatic nitrogens is 2. The fraction of sp³-hybridized carbons (Fsp3) is 0.188. The molecular weight excluding hydrogens is 234 g/mol. The SMILES string of the molecule is CN(C)Cc1c(-c2ccccc2)nc2[c]cccn12. The van der Waals surface area contributed by atoms with Crippen LogP contribution in [0.25, 0.3) is 16.9 Å². The second kappa shape index (κ2) is 4.86. The molecule has 0 saturated heterocycles. The zero-order valence-electron chi connectivity index (χ0n) is 11.2. The van der Waals surface area contributed by atoms with E-state index >= 15 is 0 Å². The third-order valence-corrected chi connectivity index (χ3v) is 3.07. The van der Waals surface area contributed by atoms with E-state index in [9.17, 15) is 0 Å². The van der Waals surface area contributed by atoms with E-state index in [-0.39, 0.29) is 0 Å². The molecule has 0 amide bonds. The smallest absolute Gasteiger partial charge is 0.145 e.